The minimum Gasteiger partial charge on any atom is -0.507 e. The molecule has 142 valence electrons. The van der Waals surface area contributed by atoms with Crippen LogP contribution in [0.5, 0.6) is 17.2 Å². The van der Waals surface area contributed by atoms with Crippen molar-refractivity contribution in [3.8, 4) is 17.2 Å². The van der Waals surface area contributed by atoms with Crippen LogP contribution in [0.25, 0.3) is 0 Å². The summed E-state index contributed by atoms with van der Waals surface area (Å²) in [5, 5.41) is 29.5. The Balaban J connectivity index is 2.27. The van der Waals surface area contributed by atoms with Crippen molar-refractivity contribution < 1.29 is 34.4 Å². The van der Waals surface area contributed by atoms with Gasteiger partial charge >= 0.3 is 11.9 Å². The largest absolute Gasteiger partial charge is 0.507 e. The van der Waals surface area contributed by atoms with Crippen molar-refractivity contribution >= 4 is 49.7 Å². The summed E-state index contributed by atoms with van der Waals surface area (Å²) in [6.45, 7) is -0.592. The third kappa shape index (κ3) is 5.69. The van der Waals surface area contributed by atoms with Crippen molar-refractivity contribution in [1.82, 2.24) is 5.32 Å². The molecule has 0 aliphatic rings. The van der Waals surface area contributed by atoms with E-state index in [1.807, 2.05) is 0 Å². The molecular weight excluding hydrogens is 490 g/mol. The third-order valence-electron chi connectivity index (χ3n) is 3.25. The fourth-order valence-corrected chi connectivity index (χ4v) is 3.56. The molecule has 8 nitrogen and oxygen atoms in total. The Morgan fingerprint density at radius 3 is 2.19 bits per heavy atom. The number of benzene rings is 2. The molecule has 2 rings (SSSR count). The maximum absolute atomic E-state index is 12.0. The van der Waals surface area contributed by atoms with Gasteiger partial charge in [-0.05, 0) is 67.8 Å². The zero-order valence-electron chi connectivity index (χ0n) is 13.5. The second-order valence-corrected chi connectivity index (χ2v) is 7.03. The van der Waals surface area contributed by atoms with Gasteiger partial charge in [-0.15, -0.1) is 0 Å². The average molecular weight is 503 g/mol. The van der Waals surface area contributed by atoms with Crippen LogP contribution >= 0.6 is 31.9 Å². The molecule has 2 aromatic carbocycles. The maximum Gasteiger partial charge on any atom is 0.322 e. The molecular formula is C17H13Br2NO7. The first kappa shape index (κ1) is 20.7. The van der Waals surface area contributed by atoms with Crippen molar-refractivity contribution in [2.75, 3.05) is 6.54 Å². The highest BCUT2D eigenvalue weighted by molar-refractivity contribution is 9.11. The monoisotopic (exact) mass is 501 g/mol. The number of carboxylic acid groups (broad SMARTS) is 2. The molecule has 0 heterocycles. The van der Waals surface area contributed by atoms with Gasteiger partial charge in [0.1, 0.15) is 18.0 Å². The molecule has 0 aliphatic carbocycles. The van der Waals surface area contributed by atoms with Gasteiger partial charge in [0.05, 0.1) is 20.9 Å². The number of phenolic OH excluding ortho intramolecular Hbond substituents is 1. The van der Waals surface area contributed by atoms with E-state index in [4.69, 9.17) is 14.9 Å². The van der Waals surface area contributed by atoms with Crippen LogP contribution in [0.15, 0.2) is 39.3 Å². The van der Waals surface area contributed by atoms with E-state index in [0.29, 0.717) is 20.3 Å². The number of aromatic hydroxyl groups is 1. The summed E-state index contributed by atoms with van der Waals surface area (Å²) in [6.07, 6.45) is -0.162. The molecule has 27 heavy (non-hydrogen) atoms. The molecule has 0 aromatic heterocycles. The molecule has 10 heteroatoms. The lowest BCUT2D eigenvalue weighted by molar-refractivity contribution is -0.137. The number of carboxylic acids is 2. The molecule has 2 aromatic rings. The predicted octanol–water partition coefficient (Wildman–Crippen LogP) is 3.15. The van der Waals surface area contributed by atoms with Gasteiger partial charge in [-0.25, -0.2) is 0 Å². The lowest BCUT2D eigenvalue weighted by Crippen LogP contribution is -2.29. The Hall–Kier alpha value is -2.59. The quantitative estimate of drug-likeness (QED) is 0.457. The highest BCUT2D eigenvalue weighted by atomic mass is 79.9. The Kier molecular flexibility index (Phi) is 6.81. The highest BCUT2D eigenvalue weighted by Gasteiger charge is 2.16. The van der Waals surface area contributed by atoms with E-state index in [0.717, 1.165) is 0 Å². The molecule has 0 atom stereocenters. The molecule has 0 radical (unpaired) electrons. The number of ether oxygens (including phenoxy) is 1. The first-order valence-electron chi connectivity index (χ1n) is 7.38. The molecule has 0 aliphatic heterocycles. The molecule has 1 amide bonds. The normalized spacial score (nSPS) is 10.3. The van der Waals surface area contributed by atoms with Crippen molar-refractivity contribution in [1.29, 1.82) is 0 Å². The fraction of sp³-hybridized carbons (Fsp3) is 0.118. The van der Waals surface area contributed by atoms with E-state index >= 15 is 0 Å². The summed E-state index contributed by atoms with van der Waals surface area (Å²) in [6, 6.07) is 7.11. The van der Waals surface area contributed by atoms with Gasteiger partial charge in [-0.1, -0.05) is 0 Å². The number of halogens is 2. The van der Waals surface area contributed by atoms with Gasteiger partial charge in [0.15, 0.2) is 5.75 Å². The molecule has 0 saturated heterocycles. The second kappa shape index (κ2) is 8.87. The molecule has 0 unspecified atom stereocenters. The van der Waals surface area contributed by atoms with E-state index in [-0.39, 0.29) is 23.5 Å². The molecule has 0 spiro atoms. The second-order valence-electron chi connectivity index (χ2n) is 5.32. The standard InChI is InChI=1S/C17H13Br2NO7/c18-11-3-8(5-14(22)23)4-12(19)16(11)27-9-1-2-13(21)10(6-9)17(26)20-7-15(24)25/h1-4,6,21H,5,7H2,(H,20,26)(H,22,23)(H,24,25). The van der Waals surface area contributed by atoms with Crippen LogP contribution in [-0.2, 0) is 16.0 Å². The zero-order chi connectivity index (χ0) is 20.1. The zero-order valence-corrected chi connectivity index (χ0v) is 16.7. The maximum atomic E-state index is 12.0. The van der Waals surface area contributed by atoms with E-state index in [1.165, 1.54) is 18.2 Å². The van der Waals surface area contributed by atoms with Crippen molar-refractivity contribution in [2.24, 2.45) is 0 Å². The van der Waals surface area contributed by atoms with Crippen molar-refractivity contribution in [3.05, 3.63) is 50.4 Å². The number of nitrogens with one attached hydrogen (secondary N) is 1. The summed E-state index contributed by atoms with van der Waals surface area (Å²) in [4.78, 5) is 33.4. The number of hydrogen-bond acceptors (Lipinski definition) is 5. The van der Waals surface area contributed by atoms with Crippen LogP contribution < -0.4 is 10.1 Å². The van der Waals surface area contributed by atoms with E-state index in [1.54, 1.807) is 12.1 Å². The van der Waals surface area contributed by atoms with Gasteiger partial charge in [-0.3, -0.25) is 14.4 Å². The number of rotatable bonds is 7. The minimum absolute atomic E-state index is 0.150. The van der Waals surface area contributed by atoms with Crippen LogP contribution in [0.3, 0.4) is 0 Å². The smallest absolute Gasteiger partial charge is 0.322 e. The first-order chi connectivity index (χ1) is 12.7. The summed E-state index contributed by atoms with van der Waals surface area (Å²) in [5.74, 6) is -2.74. The summed E-state index contributed by atoms with van der Waals surface area (Å²) in [7, 11) is 0. The van der Waals surface area contributed by atoms with Crippen LogP contribution in [0.2, 0.25) is 0 Å². The van der Waals surface area contributed by atoms with E-state index < -0.39 is 24.4 Å². The van der Waals surface area contributed by atoms with Crippen molar-refractivity contribution in [2.45, 2.75) is 6.42 Å². The molecule has 0 saturated carbocycles. The minimum atomic E-state index is -1.22. The Morgan fingerprint density at radius 1 is 1.00 bits per heavy atom. The van der Waals surface area contributed by atoms with E-state index in [9.17, 15) is 19.5 Å². The van der Waals surface area contributed by atoms with Gasteiger partial charge in [0, 0.05) is 0 Å². The number of carbonyl (C=O) groups excluding carboxylic acids is 1. The van der Waals surface area contributed by atoms with Crippen LogP contribution in [0.1, 0.15) is 15.9 Å². The summed E-state index contributed by atoms with van der Waals surface area (Å²) < 4.78 is 6.69. The van der Waals surface area contributed by atoms with Crippen LogP contribution in [0.4, 0.5) is 0 Å². The lowest BCUT2D eigenvalue weighted by Gasteiger charge is -2.13. The van der Waals surface area contributed by atoms with E-state index in [2.05, 4.69) is 37.2 Å². The average Bonchev–Trinajstić information content (AvgIpc) is 2.56. The number of carbonyl (C=O) groups is 3. The van der Waals surface area contributed by atoms with Gasteiger partial charge in [0.25, 0.3) is 5.91 Å². The highest BCUT2D eigenvalue weighted by Crippen LogP contribution is 2.38. The van der Waals surface area contributed by atoms with Gasteiger partial charge < -0.3 is 25.4 Å². The lowest BCUT2D eigenvalue weighted by atomic mass is 10.1. The van der Waals surface area contributed by atoms with Gasteiger partial charge in [0.2, 0.25) is 0 Å². The Labute approximate surface area is 170 Å². The number of hydrogen-bond donors (Lipinski definition) is 4. The summed E-state index contributed by atoms with van der Waals surface area (Å²) in [5.41, 5.74) is 0.400. The molecule has 0 fully saturated rings. The SMILES string of the molecule is O=C(O)CNC(=O)c1cc(Oc2c(Br)cc(CC(=O)O)cc2Br)ccc1O. The third-order valence-corrected chi connectivity index (χ3v) is 4.42. The Bertz CT molecular complexity index is 891. The number of amides is 1. The fourth-order valence-electron chi connectivity index (χ4n) is 2.12. The topological polar surface area (TPSA) is 133 Å². The Morgan fingerprint density at radius 2 is 1.63 bits per heavy atom. The van der Waals surface area contributed by atoms with Crippen LogP contribution in [-0.4, -0.2) is 39.7 Å². The predicted molar refractivity (Wildman–Crippen MR) is 101 cm³/mol. The first-order valence-corrected chi connectivity index (χ1v) is 8.96. The number of aliphatic carboxylic acids is 2. The van der Waals surface area contributed by atoms with Gasteiger partial charge in [-0.2, -0.15) is 0 Å². The summed E-state index contributed by atoms with van der Waals surface area (Å²) >= 11 is 6.61. The number of phenols is 1. The van der Waals surface area contributed by atoms with Crippen molar-refractivity contribution in [3.63, 3.8) is 0 Å². The molecule has 0 bridgehead atoms. The molecule has 4 N–H and O–H groups in total. The van der Waals surface area contributed by atoms with Crippen LogP contribution in [0, 0.1) is 0 Å².